The molecule has 0 aliphatic rings. The van der Waals surface area contributed by atoms with Gasteiger partial charge in [-0.15, -0.1) is 10.2 Å². The molecule has 5 nitrogen and oxygen atoms in total. The first kappa shape index (κ1) is 17.6. The molecule has 0 aliphatic carbocycles. The van der Waals surface area contributed by atoms with Crippen LogP contribution in [0.5, 0.6) is 0 Å². The predicted octanol–water partition coefficient (Wildman–Crippen LogP) is 4.51. The lowest BCUT2D eigenvalue weighted by molar-refractivity contribution is -0.137. The van der Waals surface area contributed by atoms with E-state index in [9.17, 15) is 18.0 Å². The number of thioether (sulfide) groups is 1. The number of aryl methyl sites for hydroxylation is 1. The number of rotatable bonds is 4. The number of aromatic nitrogens is 4. The largest absolute Gasteiger partial charge is 0.417 e. The normalized spacial score (nSPS) is 12.1. The van der Waals surface area contributed by atoms with Crippen molar-refractivity contribution >= 4 is 34.1 Å². The summed E-state index contributed by atoms with van der Waals surface area (Å²) in [6.07, 6.45) is -3.52. The smallest absolute Gasteiger partial charge is 0.358 e. The number of benzene rings is 1. The molecular formula is C18H13F3N4OS. The minimum atomic E-state index is -4.46. The van der Waals surface area contributed by atoms with Crippen LogP contribution >= 0.6 is 11.8 Å². The maximum absolute atomic E-state index is 12.9. The highest BCUT2D eigenvalue weighted by atomic mass is 32.2. The van der Waals surface area contributed by atoms with Crippen molar-refractivity contribution in [1.29, 1.82) is 0 Å². The zero-order chi connectivity index (χ0) is 19.2. The van der Waals surface area contributed by atoms with Crippen LogP contribution in [0.4, 0.5) is 13.2 Å². The average molecular weight is 390 g/mol. The quantitative estimate of drug-likeness (QED) is 0.411. The number of ketones is 1. The van der Waals surface area contributed by atoms with Gasteiger partial charge in [0, 0.05) is 28.4 Å². The molecule has 0 atom stereocenters. The van der Waals surface area contributed by atoms with Gasteiger partial charge < -0.3 is 4.98 Å². The molecule has 0 saturated carbocycles. The van der Waals surface area contributed by atoms with Crippen molar-refractivity contribution < 1.29 is 18.0 Å². The Hall–Kier alpha value is -2.81. The van der Waals surface area contributed by atoms with Gasteiger partial charge in [0.25, 0.3) is 0 Å². The number of nitrogens with one attached hydrogen (secondary N) is 1. The number of hydrogen-bond donors (Lipinski definition) is 1. The third-order valence-electron chi connectivity index (χ3n) is 4.20. The van der Waals surface area contributed by atoms with E-state index in [2.05, 4.69) is 15.2 Å². The Morgan fingerprint density at radius 3 is 2.74 bits per heavy atom. The number of Topliss-reactive ketones (excluding diaryl/α,β-unsaturated/α-hetero) is 1. The number of H-pyrrole nitrogens is 1. The van der Waals surface area contributed by atoms with Crippen LogP contribution in [0.3, 0.4) is 0 Å². The first-order chi connectivity index (χ1) is 12.8. The van der Waals surface area contributed by atoms with Crippen molar-refractivity contribution in [3.05, 3.63) is 59.4 Å². The molecule has 138 valence electrons. The zero-order valence-corrected chi connectivity index (χ0v) is 14.9. The first-order valence-electron chi connectivity index (χ1n) is 8.00. The highest BCUT2D eigenvalue weighted by Crippen LogP contribution is 2.30. The van der Waals surface area contributed by atoms with E-state index in [1.54, 1.807) is 0 Å². The third-order valence-corrected chi connectivity index (χ3v) is 5.15. The van der Waals surface area contributed by atoms with Crippen molar-refractivity contribution in [3.63, 3.8) is 0 Å². The monoisotopic (exact) mass is 390 g/mol. The zero-order valence-electron chi connectivity index (χ0n) is 14.0. The van der Waals surface area contributed by atoms with Gasteiger partial charge >= 0.3 is 6.18 Å². The van der Waals surface area contributed by atoms with Crippen LogP contribution in [0.15, 0.2) is 47.8 Å². The number of carbonyl (C=O) groups excluding carboxylic acids is 1. The summed E-state index contributed by atoms with van der Waals surface area (Å²) < 4.78 is 40.0. The Balaban J connectivity index is 1.61. The Morgan fingerprint density at radius 2 is 1.96 bits per heavy atom. The van der Waals surface area contributed by atoms with Crippen molar-refractivity contribution in [3.8, 4) is 0 Å². The second-order valence-electron chi connectivity index (χ2n) is 6.01. The standard InChI is InChI=1S/C18H13F3N4OS/c1-10-16(12-4-2-3-5-13(12)22-10)14(26)9-27-17-24-23-15-7-6-11(8-25(15)17)18(19,20)21/h2-8,22H,9H2,1H3. The van der Waals surface area contributed by atoms with Gasteiger partial charge in [0.05, 0.1) is 11.3 Å². The Bertz CT molecular complexity index is 1160. The van der Waals surface area contributed by atoms with Crippen LogP contribution in [0.25, 0.3) is 16.6 Å². The second kappa shape index (κ2) is 6.41. The van der Waals surface area contributed by atoms with E-state index < -0.39 is 11.7 Å². The molecule has 0 saturated heterocycles. The molecule has 0 fully saturated rings. The lowest BCUT2D eigenvalue weighted by atomic mass is 10.1. The van der Waals surface area contributed by atoms with Gasteiger partial charge in [-0.2, -0.15) is 13.2 Å². The molecule has 0 amide bonds. The van der Waals surface area contributed by atoms with Crippen LogP contribution in [0.2, 0.25) is 0 Å². The van der Waals surface area contributed by atoms with E-state index in [-0.39, 0.29) is 16.7 Å². The van der Waals surface area contributed by atoms with Crippen LogP contribution < -0.4 is 0 Å². The summed E-state index contributed by atoms with van der Waals surface area (Å²) >= 11 is 1.06. The van der Waals surface area contributed by atoms with E-state index in [0.29, 0.717) is 11.2 Å². The fourth-order valence-electron chi connectivity index (χ4n) is 2.97. The number of pyridine rings is 1. The van der Waals surface area contributed by atoms with Crippen molar-refractivity contribution in [2.24, 2.45) is 0 Å². The Morgan fingerprint density at radius 1 is 1.19 bits per heavy atom. The molecule has 1 aromatic carbocycles. The van der Waals surface area contributed by atoms with Crippen LogP contribution in [-0.2, 0) is 6.18 Å². The molecule has 1 N–H and O–H groups in total. The summed E-state index contributed by atoms with van der Waals surface area (Å²) in [6, 6.07) is 9.69. The molecular weight excluding hydrogens is 377 g/mol. The van der Waals surface area contributed by atoms with Gasteiger partial charge in [-0.25, -0.2) is 0 Å². The summed E-state index contributed by atoms with van der Waals surface area (Å²) in [5.41, 5.74) is 1.71. The van der Waals surface area contributed by atoms with E-state index in [0.717, 1.165) is 40.6 Å². The van der Waals surface area contributed by atoms with Gasteiger partial charge in [0.2, 0.25) is 0 Å². The minimum Gasteiger partial charge on any atom is -0.358 e. The Labute approximate surface area is 155 Å². The number of nitrogens with zero attached hydrogens (tertiary/aromatic N) is 3. The summed E-state index contributed by atoms with van der Waals surface area (Å²) in [4.78, 5) is 15.9. The van der Waals surface area contributed by atoms with Crippen molar-refractivity contribution in [1.82, 2.24) is 19.6 Å². The molecule has 4 rings (SSSR count). The molecule has 0 bridgehead atoms. The van der Waals surface area contributed by atoms with E-state index in [1.165, 1.54) is 10.5 Å². The van der Waals surface area contributed by atoms with Gasteiger partial charge in [-0.3, -0.25) is 9.20 Å². The summed E-state index contributed by atoms with van der Waals surface area (Å²) in [5.74, 6) is -0.0848. The fraction of sp³-hybridized carbons (Fsp3) is 0.167. The number of carbonyl (C=O) groups is 1. The molecule has 9 heteroatoms. The first-order valence-corrected chi connectivity index (χ1v) is 8.98. The van der Waals surface area contributed by atoms with Crippen molar-refractivity contribution in [2.75, 3.05) is 5.75 Å². The van der Waals surface area contributed by atoms with Crippen LogP contribution in [0.1, 0.15) is 21.6 Å². The SMILES string of the molecule is Cc1[nH]c2ccccc2c1C(=O)CSc1nnc2ccc(C(F)(F)F)cn12. The highest BCUT2D eigenvalue weighted by molar-refractivity contribution is 7.99. The van der Waals surface area contributed by atoms with Crippen molar-refractivity contribution in [2.45, 2.75) is 18.3 Å². The maximum atomic E-state index is 12.9. The third kappa shape index (κ3) is 3.18. The average Bonchev–Trinajstić information content (AvgIpc) is 3.18. The lowest BCUT2D eigenvalue weighted by Crippen LogP contribution is -2.07. The molecule has 0 radical (unpaired) electrons. The molecule has 0 aliphatic heterocycles. The molecule has 3 aromatic heterocycles. The van der Waals surface area contributed by atoms with Gasteiger partial charge in [-0.1, -0.05) is 30.0 Å². The Kier molecular flexibility index (Phi) is 4.18. The predicted molar refractivity (Wildman–Crippen MR) is 96.1 cm³/mol. The van der Waals surface area contributed by atoms with E-state index >= 15 is 0 Å². The number of para-hydroxylation sites is 1. The van der Waals surface area contributed by atoms with Gasteiger partial charge in [0.15, 0.2) is 16.6 Å². The molecule has 4 aromatic rings. The summed E-state index contributed by atoms with van der Waals surface area (Å²) in [5, 5.41) is 8.83. The lowest BCUT2D eigenvalue weighted by Gasteiger charge is -2.07. The fourth-order valence-corrected chi connectivity index (χ4v) is 3.76. The maximum Gasteiger partial charge on any atom is 0.417 e. The van der Waals surface area contributed by atoms with Gasteiger partial charge in [0.1, 0.15) is 0 Å². The number of halogens is 3. The number of aromatic amines is 1. The molecule has 0 spiro atoms. The van der Waals surface area contributed by atoms with E-state index in [1.807, 2.05) is 31.2 Å². The number of hydrogen-bond acceptors (Lipinski definition) is 4. The molecule has 3 heterocycles. The molecule has 27 heavy (non-hydrogen) atoms. The summed E-state index contributed by atoms with van der Waals surface area (Å²) in [7, 11) is 0. The number of fused-ring (bicyclic) bond motifs is 2. The topological polar surface area (TPSA) is 63.0 Å². The summed E-state index contributed by atoms with van der Waals surface area (Å²) in [6.45, 7) is 1.82. The van der Waals surface area contributed by atoms with Crippen LogP contribution in [0, 0.1) is 6.92 Å². The minimum absolute atomic E-state index is 0.0414. The number of alkyl halides is 3. The van der Waals surface area contributed by atoms with Crippen LogP contribution in [-0.4, -0.2) is 31.1 Å². The van der Waals surface area contributed by atoms with Gasteiger partial charge in [-0.05, 0) is 25.1 Å². The van der Waals surface area contributed by atoms with E-state index in [4.69, 9.17) is 0 Å². The second-order valence-corrected chi connectivity index (χ2v) is 6.95. The molecule has 0 unspecified atom stereocenters. The highest BCUT2D eigenvalue weighted by Gasteiger charge is 2.31.